The summed E-state index contributed by atoms with van der Waals surface area (Å²) in [7, 11) is 1.53. The third kappa shape index (κ3) is 14.1. The zero-order valence-electron chi connectivity index (χ0n) is 41.4. The summed E-state index contributed by atoms with van der Waals surface area (Å²) < 4.78 is 55.2. The number of nitrogens with zero attached hydrogens (tertiary/aromatic N) is 10. The summed E-state index contributed by atoms with van der Waals surface area (Å²) in [6.07, 6.45) is -23.5. The number of aliphatic hydroxyl groups excluding tert-OH is 5. The maximum atomic E-state index is 14.0. The van der Waals surface area contributed by atoms with Gasteiger partial charge in [-0.05, 0) is 53.0 Å². The second-order valence-corrected chi connectivity index (χ2v) is 18.5. The van der Waals surface area contributed by atoms with Gasteiger partial charge in [-0.3, -0.25) is 0 Å². The number of hydrogen-bond acceptors (Lipinski definition) is 20. The standard InChI is InChI=1S/C48H62N12O16/c1-25(60(2)48(67)70-24-28-16-10-5-11-17-28)30-19-18-29(55-58-51)44(71-30)75-42-35(54-47(66)69-23-27-14-8-4-9-15-27)41(68-22-26-12-6-3-7-13-26)33(49)37(63)43(42)76-46-39(65)40(32(21-61)73-46)74-45-34(56-59-52)38(64)36(62)31(72-45)20-53-57-50/h3-17,25,29-46,61-65H,18-24,49H2,1-2H3,(H,54,66)/t25-,29-,30-,31-,32+,33-,34+,35-,36+,37-,38+,39+,40+,41+,42+,43+,44+,45+,46-/m0/s1. The Hall–Kier alpha value is -6.39. The molecule has 0 spiro atoms. The number of carbonyl (C=O) groups excluding carboxylic acids is 2. The van der Waals surface area contributed by atoms with Crippen molar-refractivity contribution in [2.24, 2.45) is 21.1 Å². The maximum absolute atomic E-state index is 14.0. The van der Waals surface area contributed by atoms with Crippen LogP contribution < -0.4 is 11.1 Å². The first kappa shape index (κ1) is 57.3. The van der Waals surface area contributed by atoms with Crippen molar-refractivity contribution in [2.75, 3.05) is 20.2 Å². The van der Waals surface area contributed by atoms with Gasteiger partial charge in [0.25, 0.3) is 0 Å². The van der Waals surface area contributed by atoms with Gasteiger partial charge >= 0.3 is 12.2 Å². The molecule has 28 nitrogen and oxygen atoms in total. The van der Waals surface area contributed by atoms with E-state index >= 15 is 0 Å². The fourth-order valence-corrected chi connectivity index (χ4v) is 9.38. The zero-order valence-corrected chi connectivity index (χ0v) is 41.4. The molecule has 0 unspecified atom stereocenters. The second-order valence-electron chi connectivity index (χ2n) is 18.5. The minimum Gasteiger partial charge on any atom is -0.445 e. The molecule has 4 aliphatic rings. The van der Waals surface area contributed by atoms with Crippen molar-refractivity contribution in [3.8, 4) is 0 Å². The Morgan fingerprint density at radius 2 is 1.28 bits per heavy atom. The fraction of sp³-hybridized carbons (Fsp3) is 0.583. The number of aliphatic hydroxyl groups is 5. The predicted octanol–water partition coefficient (Wildman–Crippen LogP) is 3.08. The summed E-state index contributed by atoms with van der Waals surface area (Å²) in [6.45, 7) is 0.113. The quantitative estimate of drug-likeness (QED) is 0.0458. The van der Waals surface area contributed by atoms with Gasteiger partial charge in [-0.15, -0.1) is 0 Å². The van der Waals surface area contributed by atoms with E-state index in [0.717, 1.165) is 5.56 Å². The van der Waals surface area contributed by atoms with Crippen molar-refractivity contribution in [2.45, 2.75) is 156 Å². The van der Waals surface area contributed by atoms with Crippen LogP contribution in [0, 0.1) is 0 Å². The van der Waals surface area contributed by atoms with Crippen molar-refractivity contribution < 1.29 is 77.8 Å². The Kier molecular flexibility index (Phi) is 20.8. The minimum atomic E-state index is -1.91. The lowest BCUT2D eigenvalue weighted by Gasteiger charge is -2.50. The first-order valence-electron chi connectivity index (χ1n) is 24.4. The molecule has 19 atom stereocenters. The molecule has 76 heavy (non-hydrogen) atoms. The highest BCUT2D eigenvalue weighted by Crippen LogP contribution is 2.37. The number of rotatable bonds is 21. The lowest BCUT2D eigenvalue weighted by atomic mass is 9.81. The summed E-state index contributed by atoms with van der Waals surface area (Å²) in [5.74, 6) is 0. The van der Waals surface area contributed by atoms with E-state index in [1.807, 2.05) is 30.3 Å². The Balaban J connectivity index is 1.21. The molecule has 0 aromatic heterocycles. The van der Waals surface area contributed by atoms with E-state index < -0.39 is 142 Å². The molecule has 3 aromatic rings. The van der Waals surface area contributed by atoms with Crippen LogP contribution in [0.5, 0.6) is 0 Å². The fourth-order valence-electron chi connectivity index (χ4n) is 9.38. The highest BCUT2D eigenvalue weighted by atomic mass is 16.8. The van der Waals surface area contributed by atoms with E-state index in [4.69, 9.17) is 53.9 Å². The van der Waals surface area contributed by atoms with Crippen molar-refractivity contribution >= 4 is 12.2 Å². The van der Waals surface area contributed by atoms with Crippen LogP contribution >= 0.6 is 0 Å². The first-order chi connectivity index (χ1) is 36.8. The molecule has 3 saturated heterocycles. The topological polar surface area (TPSA) is 406 Å². The number of azide groups is 3. The third-order valence-electron chi connectivity index (χ3n) is 13.7. The van der Waals surface area contributed by atoms with Crippen molar-refractivity contribution in [1.82, 2.24) is 10.2 Å². The summed E-state index contributed by atoms with van der Waals surface area (Å²) in [4.78, 5) is 37.1. The number of ether oxygens (including phenoxy) is 9. The number of alkyl carbamates (subject to hydrolysis) is 1. The van der Waals surface area contributed by atoms with Crippen LogP contribution in [0.2, 0.25) is 0 Å². The molecule has 410 valence electrons. The molecule has 3 aliphatic heterocycles. The Bertz CT molecular complexity index is 2480. The number of amides is 2. The van der Waals surface area contributed by atoms with Crippen molar-refractivity contribution in [3.05, 3.63) is 139 Å². The summed E-state index contributed by atoms with van der Waals surface area (Å²) in [5, 5.41) is 70.1. The number of benzene rings is 3. The Morgan fingerprint density at radius 3 is 1.88 bits per heavy atom. The van der Waals surface area contributed by atoms with Gasteiger partial charge in [0.15, 0.2) is 18.9 Å². The van der Waals surface area contributed by atoms with Gasteiger partial charge in [0.2, 0.25) is 0 Å². The highest BCUT2D eigenvalue weighted by Gasteiger charge is 2.57. The molecule has 0 radical (unpaired) electrons. The van der Waals surface area contributed by atoms with Crippen LogP contribution in [-0.2, 0) is 62.5 Å². The largest absolute Gasteiger partial charge is 0.445 e. The van der Waals surface area contributed by atoms with Gasteiger partial charge < -0.3 is 84.1 Å². The van der Waals surface area contributed by atoms with Gasteiger partial charge in [-0.2, -0.15) is 0 Å². The van der Waals surface area contributed by atoms with Crippen LogP contribution in [0.15, 0.2) is 106 Å². The molecule has 3 aromatic carbocycles. The van der Waals surface area contributed by atoms with Crippen LogP contribution in [0.3, 0.4) is 0 Å². The van der Waals surface area contributed by atoms with E-state index in [0.29, 0.717) is 11.1 Å². The van der Waals surface area contributed by atoms with Crippen LogP contribution in [0.4, 0.5) is 9.59 Å². The average Bonchev–Trinajstić information content (AvgIpc) is 3.76. The molecule has 1 saturated carbocycles. The van der Waals surface area contributed by atoms with E-state index in [-0.39, 0.29) is 32.7 Å². The zero-order chi connectivity index (χ0) is 54.3. The van der Waals surface area contributed by atoms with E-state index in [9.17, 15) is 46.2 Å². The monoisotopic (exact) mass is 1060 g/mol. The van der Waals surface area contributed by atoms with E-state index in [1.165, 1.54) is 11.9 Å². The molecule has 0 bridgehead atoms. The van der Waals surface area contributed by atoms with Gasteiger partial charge in [-0.25, -0.2) is 9.59 Å². The minimum absolute atomic E-state index is 0.00128. The second kappa shape index (κ2) is 27.6. The summed E-state index contributed by atoms with van der Waals surface area (Å²) in [6, 6.07) is 20.6. The molecule has 8 N–H and O–H groups in total. The van der Waals surface area contributed by atoms with Crippen LogP contribution in [0.1, 0.15) is 36.5 Å². The molecule has 7 rings (SSSR count). The number of nitrogens with one attached hydrogen (secondary N) is 1. The number of carbonyl (C=O) groups is 2. The molecule has 2 amide bonds. The summed E-state index contributed by atoms with van der Waals surface area (Å²) in [5.41, 5.74) is 37.0. The third-order valence-corrected chi connectivity index (χ3v) is 13.7. The smallest absolute Gasteiger partial charge is 0.410 e. The highest BCUT2D eigenvalue weighted by molar-refractivity contribution is 5.68. The van der Waals surface area contributed by atoms with Gasteiger partial charge in [0.1, 0.15) is 62.0 Å². The molecular formula is C48H62N12O16. The first-order valence-corrected chi connectivity index (χ1v) is 24.4. The maximum Gasteiger partial charge on any atom is 0.410 e. The molecular weight excluding hydrogens is 1000 g/mol. The average molecular weight is 1060 g/mol. The summed E-state index contributed by atoms with van der Waals surface area (Å²) >= 11 is 0. The molecule has 4 fully saturated rings. The molecule has 28 heteroatoms. The lowest BCUT2D eigenvalue weighted by molar-refractivity contribution is -0.301. The Morgan fingerprint density at radius 1 is 0.697 bits per heavy atom. The van der Waals surface area contributed by atoms with Crippen LogP contribution in [-0.4, -0.2) is 179 Å². The van der Waals surface area contributed by atoms with Gasteiger partial charge in [0.05, 0.1) is 68.3 Å². The lowest BCUT2D eigenvalue weighted by Crippen LogP contribution is -2.73. The van der Waals surface area contributed by atoms with E-state index in [2.05, 4.69) is 35.4 Å². The molecule has 1 aliphatic carbocycles. The SMILES string of the molecule is C[C@@H]([C@@H]1CC[C@H](N=[N+]=[N-])[C@@H](O[C@@H]2[C@@H](NC(=O)OCc3ccccc3)[C@H](OCc3ccccc3)[C@@H](N)[C@H](O)[C@H]2O[C@@H]2O[C@H](CO)[C@@H](O[C@H]3O[C@@H](CN=[N+]=[N-])[C@@H](O)[C@H](O)[C@H]3N=[N+]=[N-])[C@H]2O)O1)N(C)C(=O)OCc1ccccc1. The van der Waals surface area contributed by atoms with Gasteiger partial charge in [0, 0.05) is 21.8 Å². The number of hydrogen-bond donors (Lipinski definition) is 7. The number of likely N-dealkylation sites (N-methyl/N-ethyl adjacent to an activating group) is 1. The number of nitrogens with two attached hydrogens (primary N) is 1. The van der Waals surface area contributed by atoms with Crippen molar-refractivity contribution in [3.63, 3.8) is 0 Å². The predicted molar refractivity (Wildman–Crippen MR) is 261 cm³/mol. The van der Waals surface area contributed by atoms with Crippen molar-refractivity contribution in [1.29, 1.82) is 0 Å². The molecule has 3 heterocycles. The van der Waals surface area contributed by atoms with Crippen LogP contribution in [0.25, 0.3) is 31.3 Å². The van der Waals surface area contributed by atoms with E-state index in [1.54, 1.807) is 67.6 Å². The Labute approximate surface area is 435 Å². The van der Waals surface area contributed by atoms with Gasteiger partial charge in [-0.1, -0.05) is 106 Å². The normalized spacial score (nSPS) is 33.5.